The van der Waals surface area contributed by atoms with Crippen LogP contribution in [0.15, 0.2) is 103 Å². The van der Waals surface area contributed by atoms with E-state index in [4.69, 9.17) is 47.9 Å². The number of carbonyl (C=O) groups is 9. The molecule has 0 unspecified atom stereocenters. The number of para-hydroxylation sites is 1. The molecule has 5 aromatic rings. The monoisotopic (exact) mass is 1610 g/mol. The Hall–Kier alpha value is -8.55. The van der Waals surface area contributed by atoms with Gasteiger partial charge in [0.25, 0.3) is 0 Å². The van der Waals surface area contributed by atoms with Gasteiger partial charge >= 0.3 is 25.2 Å². The van der Waals surface area contributed by atoms with Gasteiger partial charge in [-0.15, -0.1) is 11.3 Å². The van der Waals surface area contributed by atoms with Gasteiger partial charge < -0.3 is 64.8 Å². The number of hydrogen-bond acceptors (Lipinski definition) is 22. The number of anilines is 1. The van der Waals surface area contributed by atoms with Gasteiger partial charge in [-0.2, -0.15) is 8.78 Å². The highest BCUT2D eigenvalue weighted by molar-refractivity contribution is 7.54. The number of ketones is 1. The van der Waals surface area contributed by atoms with Gasteiger partial charge in [-0.1, -0.05) is 112 Å². The Morgan fingerprint density at radius 3 is 1.91 bits per heavy atom. The number of esters is 2. The molecule has 27 nitrogen and oxygen atoms in total. The Kier molecular flexibility index (Phi) is 32.4. The van der Waals surface area contributed by atoms with Crippen molar-refractivity contribution in [3.63, 3.8) is 0 Å². The van der Waals surface area contributed by atoms with Crippen molar-refractivity contribution in [2.24, 2.45) is 27.9 Å². The third-order valence-electron chi connectivity index (χ3n) is 19.5. The SMILES string of the molecule is C/C(=C\C(=O)C[C@H]1CCc2cccc3c2N(C1=O)[C@H](C(=O)N[C@@H](CCC(N)=O)[C@@H](C)OCc1ccc(CCOCCOCCOCCOCC(=O)N[C@H](C(=O)N2C[C@H](O)C[C@H]2C(=O)NCc2ccc(-c4scnc4C)cc2)C(C)(C)C)cc1)C3)c1ccc(C(F)(F)P(=O)(OCOC(=O)C(C)(C)C)OCOC(=O)C(C)(C)C)cc1. The quantitative estimate of drug-likeness (QED) is 0.00798. The fourth-order valence-electron chi connectivity index (χ4n) is 12.9. The largest absolute Gasteiger partial charge is 0.438 e. The molecule has 7 atom stereocenters. The second kappa shape index (κ2) is 40.6. The molecule has 113 heavy (non-hydrogen) atoms. The molecule has 0 saturated carbocycles. The number of allylic oxidation sites excluding steroid dienone is 2. The third-order valence-corrected chi connectivity index (χ3v) is 22.3. The smallest absolute Gasteiger partial charge is 0.410 e. The molecule has 3 aliphatic rings. The van der Waals surface area contributed by atoms with E-state index in [9.17, 15) is 52.8 Å². The highest BCUT2D eigenvalue weighted by Crippen LogP contribution is 2.67. The van der Waals surface area contributed by atoms with E-state index in [0.29, 0.717) is 56.1 Å². The van der Waals surface area contributed by atoms with Crippen LogP contribution in [0.2, 0.25) is 0 Å². The summed E-state index contributed by atoms with van der Waals surface area (Å²) in [4.78, 5) is 129. The van der Waals surface area contributed by atoms with Crippen LogP contribution in [0.3, 0.4) is 0 Å². The van der Waals surface area contributed by atoms with Crippen molar-refractivity contribution >= 4 is 83.4 Å². The Labute approximate surface area is 662 Å². The van der Waals surface area contributed by atoms with Crippen LogP contribution in [-0.4, -0.2) is 178 Å². The number of alkyl halides is 2. The summed E-state index contributed by atoms with van der Waals surface area (Å²) in [7, 11) is -5.61. The maximum Gasteiger partial charge on any atom is 0.410 e. The molecule has 8 rings (SSSR count). The molecule has 0 bridgehead atoms. The van der Waals surface area contributed by atoms with Gasteiger partial charge in [0.05, 0.1) is 104 Å². The number of rotatable bonds is 41. The number of aliphatic hydroxyl groups is 1. The number of amides is 6. The number of ether oxygens (including phenoxy) is 7. The van der Waals surface area contributed by atoms with Crippen LogP contribution >= 0.6 is 18.9 Å². The van der Waals surface area contributed by atoms with E-state index < -0.39 is 144 Å². The molecule has 0 aliphatic carbocycles. The number of thiazole rings is 1. The molecule has 3 aliphatic heterocycles. The van der Waals surface area contributed by atoms with Crippen LogP contribution in [0.25, 0.3) is 16.0 Å². The second-order valence-electron chi connectivity index (χ2n) is 31.6. The van der Waals surface area contributed by atoms with Crippen molar-refractivity contribution in [1.82, 2.24) is 25.8 Å². The third kappa shape index (κ3) is 25.5. The molecular formula is C82H108F2N7O20PS. The summed E-state index contributed by atoms with van der Waals surface area (Å²) in [5.41, 5.74) is 6.94. The molecule has 4 heterocycles. The minimum atomic E-state index is -5.61. The predicted molar refractivity (Wildman–Crippen MR) is 417 cm³/mol. The zero-order chi connectivity index (χ0) is 82.6. The molecular weight excluding hydrogens is 1500 g/mol. The highest BCUT2D eigenvalue weighted by atomic mass is 32.1. The first-order chi connectivity index (χ1) is 53.3. The first-order valence-electron chi connectivity index (χ1n) is 37.9. The van der Waals surface area contributed by atoms with Crippen molar-refractivity contribution < 1.29 is 104 Å². The molecule has 616 valence electrons. The van der Waals surface area contributed by atoms with Gasteiger partial charge in [0.2, 0.25) is 49.0 Å². The maximum atomic E-state index is 16.3. The van der Waals surface area contributed by atoms with Crippen LogP contribution in [0.5, 0.6) is 0 Å². The lowest BCUT2D eigenvalue weighted by molar-refractivity contribution is -0.163. The number of aromatic nitrogens is 1. The molecule has 4 aromatic carbocycles. The maximum absolute atomic E-state index is 16.3. The zero-order valence-electron chi connectivity index (χ0n) is 66.4. The molecule has 6 amide bonds. The second-order valence-corrected chi connectivity index (χ2v) is 34.5. The lowest BCUT2D eigenvalue weighted by Gasteiger charge is -2.35. The van der Waals surface area contributed by atoms with Crippen LogP contribution in [0.4, 0.5) is 14.5 Å². The first-order valence-corrected chi connectivity index (χ1v) is 40.3. The molecule has 1 fully saturated rings. The van der Waals surface area contributed by atoms with Gasteiger partial charge in [0.15, 0.2) is 5.78 Å². The van der Waals surface area contributed by atoms with E-state index in [0.717, 1.165) is 56.1 Å². The van der Waals surface area contributed by atoms with E-state index in [-0.39, 0.29) is 84.6 Å². The van der Waals surface area contributed by atoms with Crippen LogP contribution in [0.1, 0.15) is 153 Å². The van der Waals surface area contributed by atoms with Gasteiger partial charge in [0.1, 0.15) is 24.7 Å². The lowest BCUT2D eigenvalue weighted by Crippen LogP contribution is -2.58. The number of aliphatic hydroxyl groups excluding tert-OH is 1. The summed E-state index contributed by atoms with van der Waals surface area (Å²) in [6, 6.07) is 22.0. The van der Waals surface area contributed by atoms with Gasteiger partial charge in [0, 0.05) is 50.3 Å². The molecule has 31 heteroatoms. The molecule has 1 aromatic heterocycles. The Balaban J connectivity index is 0.731. The minimum absolute atomic E-state index is 0.0510. The number of likely N-dealkylation sites (tertiary alicyclic amines) is 1. The zero-order valence-corrected chi connectivity index (χ0v) is 68.2. The summed E-state index contributed by atoms with van der Waals surface area (Å²) in [5, 5.41) is 19.4. The topological polar surface area (TPSA) is 355 Å². The summed E-state index contributed by atoms with van der Waals surface area (Å²) in [6.45, 7) is 19.5. The number of nitrogens with zero attached hydrogens (tertiary/aromatic N) is 3. The standard InChI is InChI=1S/C82H108F2N7O20PS/c1-51(57-26-28-62(29-27-57)82(83,84)112(102,110-49-108-77(100)80(7,8)9)111-50-109-78(101)81(10,11)12)40-63(92)41-61-25-24-58-14-13-15-60-42-67(91(70(58)60)75(61)98)74(97)88-65(30-31-68(85)94)53(3)107-46-56-18-16-54(17-19-56)32-33-103-34-35-104-36-37-105-38-39-106-47-69(95)89-72(79(4,5)6)76(99)90-45-64(93)43-66(90)73(96)86-44-55-20-22-59(23-21-55)71-52(2)87-48-113-71/h13-23,26-29,40,48,53,61,64-67,72,93H,24-25,30-39,41-47,49-50H2,1-12H3,(H2,85,94)(H,86,96)(H,88,97)(H,89,95)/b51-40+/t53-,61-,64-,65+,66+,67+,72-/m1/s1. The predicted octanol–water partition coefficient (Wildman–Crippen LogP) is 10.1. The molecule has 1 saturated heterocycles. The number of nitrogens with two attached hydrogens (primary N) is 1. The number of carbonyl (C=O) groups excluding carboxylic acids is 9. The first kappa shape index (κ1) is 90.0. The van der Waals surface area contributed by atoms with Crippen molar-refractivity contribution in [1.29, 1.82) is 0 Å². The van der Waals surface area contributed by atoms with Crippen LogP contribution < -0.4 is 26.6 Å². The number of hydrogen-bond donors (Lipinski definition) is 5. The van der Waals surface area contributed by atoms with Crippen LogP contribution in [0, 0.1) is 29.1 Å². The minimum Gasteiger partial charge on any atom is -0.438 e. The summed E-state index contributed by atoms with van der Waals surface area (Å²) >= 11 is 1.55. The van der Waals surface area contributed by atoms with Crippen LogP contribution in [-0.2, 0) is 128 Å². The van der Waals surface area contributed by atoms with E-state index in [1.54, 1.807) is 51.5 Å². The van der Waals surface area contributed by atoms with Crippen molar-refractivity contribution in [3.05, 3.63) is 147 Å². The summed E-state index contributed by atoms with van der Waals surface area (Å²) < 4.78 is 95.4. The number of aryl methyl sites for hydroxylation is 2. The van der Waals surface area contributed by atoms with E-state index in [1.165, 1.54) is 69.6 Å². The van der Waals surface area contributed by atoms with Crippen molar-refractivity contribution in [2.75, 3.05) is 77.9 Å². The van der Waals surface area contributed by atoms with Crippen molar-refractivity contribution in [3.8, 4) is 10.4 Å². The number of β-amino-alcohol motifs (C(OH)–C–C–N with tert-alkyl or cyclic N) is 1. The van der Waals surface area contributed by atoms with Gasteiger partial charge in [-0.25, -0.2) is 4.98 Å². The Bertz CT molecular complexity index is 4160. The number of halogens is 2. The highest BCUT2D eigenvalue weighted by Gasteiger charge is 2.56. The summed E-state index contributed by atoms with van der Waals surface area (Å²) in [5.74, 6) is -5.88. The Morgan fingerprint density at radius 1 is 0.743 bits per heavy atom. The normalized spacial score (nSPS) is 17.5. The van der Waals surface area contributed by atoms with E-state index in [1.807, 2.05) is 73.7 Å². The van der Waals surface area contributed by atoms with Gasteiger partial charge in [-0.05, 0) is 144 Å². The van der Waals surface area contributed by atoms with E-state index in [2.05, 4.69) is 20.9 Å². The number of primary amides is 1. The Morgan fingerprint density at radius 2 is 1.33 bits per heavy atom. The number of benzene rings is 4. The average molecular weight is 1610 g/mol. The lowest BCUT2D eigenvalue weighted by atomic mass is 9.85. The average Bonchev–Trinajstić information content (AvgIpc) is 1.61. The van der Waals surface area contributed by atoms with Crippen molar-refractivity contribution in [2.45, 2.75) is 190 Å². The van der Waals surface area contributed by atoms with Gasteiger partial charge in [-0.3, -0.25) is 61.7 Å². The van der Waals surface area contributed by atoms with E-state index >= 15 is 8.78 Å². The fourth-order valence-corrected chi connectivity index (χ4v) is 14.9. The fraction of sp³-hybridized carbons (Fsp3) is 0.537. The molecule has 0 radical (unpaired) electrons. The molecule has 6 N–H and O–H groups in total. The summed E-state index contributed by atoms with van der Waals surface area (Å²) in [6.07, 6.45) is 1.17. The molecule has 0 spiro atoms. The number of nitrogens with one attached hydrogen (secondary N) is 3.